The van der Waals surface area contributed by atoms with Crippen LogP contribution in [0.5, 0.6) is 0 Å². The van der Waals surface area contributed by atoms with Crippen molar-refractivity contribution in [1.29, 1.82) is 0 Å². The van der Waals surface area contributed by atoms with Crippen LogP contribution < -0.4 is 0 Å². The maximum atomic E-state index is 2.43. The molecule has 0 radical (unpaired) electrons. The minimum absolute atomic E-state index is 1.31. The van der Waals surface area contributed by atoms with Gasteiger partial charge in [-0.05, 0) is 0 Å². The van der Waals surface area contributed by atoms with E-state index in [2.05, 4.69) is 91.4 Å². The molecule has 108 valence electrons. The van der Waals surface area contributed by atoms with Gasteiger partial charge in [-0.3, -0.25) is 0 Å². The second-order valence-electron chi connectivity index (χ2n) is 7.33. The Kier molecular flexibility index (Phi) is 4.45. The molecule has 4 heteroatoms. The molecule has 2 aliphatic rings. The molecule has 0 fully saturated rings. The molecule has 0 unspecified atom stereocenters. The van der Waals surface area contributed by atoms with Crippen LogP contribution in [0.25, 0.3) is 0 Å². The average Bonchev–Trinajstić information content (AvgIpc) is 2.37. The second kappa shape index (κ2) is 5.64. The first-order chi connectivity index (χ1) is 9.18. The van der Waals surface area contributed by atoms with Crippen molar-refractivity contribution in [2.45, 2.75) is 34.5 Å². The van der Waals surface area contributed by atoms with Gasteiger partial charge in [0.05, 0.1) is 0 Å². The summed E-state index contributed by atoms with van der Waals surface area (Å²) in [5.74, 6) is 14.4. The van der Waals surface area contributed by atoms with E-state index in [1.807, 2.05) is 0 Å². The monoisotopic (exact) mass is 394 g/mol. The van der Waals surface area contributed by atoms with Crippen LogP contribution in [0.1, 0.15) is 0 Å². The quantitative estimate of drug-likeness (QED) is 0.633. The van der Waals surface area contributed by atoms with Gasteiger partial charge in [-0.15, -0.1) is 0 Å². The fourth-order valence-corrected chi connectivity index (χ4v) is 6.51. The van der Waals surface area contributed by atoms with Gasteiger partial charge in [-0.2, -0.15) is 0 Å². The Morgan fingerprint density at radius 2 is 0.800 bits per heavy atom. The first kappa shape index (κ1) is 15.8. The van der Waals surface area contributed by atoms with Crippen LogP contribution in [-0.4, -0.2) is 34.7 Å². The fourth-order valence-electron chi connectivity index (χ4n) is 2.13. The van der Waals surface area contributed by atoms with Crippen molar-refractivity contribution in [1.82, 2.24) is 7.71 Å². The van der Waals surface area contributed by atoms with Crippen LogP contribution in [0.3, 0.4) is 0 Å². The molecule has 0 N–H and O–H groups in total. The SMILES string of the molecule is [CH3][Ge]([CH3])([CH3])[N]1C=CC(=C2C=C[N]([Ge]([CH3])([CH3])[CH3])C=C2)C=C1. The van der Waals surface area contributed by atoms with Crippen LogP contribution in [0.4, 0.5) is 0 Å². The molecule has 0 aliphatic carbocycles. The molecule has 0 bridgehead atoms. The average molecular weight is 392 g/mol. The molecule has 0 aromatic carbocycles. The summed E-state index contributed by atoms with van der Waals surface area (Å²) in [6.07, 6.45) is 18.0. The van der Waals surface area contributed by atoms with Crippen LogP contribution in [0, 0.1) is 0 Å². The molecule has 0 aromatic heterocycles. The normalized spacial score (nSPS) is 19.3. The van der Waals surface area contributed by atoms with Gasteiger partial charge in [0.15, 0.2) is 0 Å². The maximum absolute atomic E-state index is 2.43. The van der Waals surface area contributed by atoms with Crippen LogP contribution in [-0.2, 0) is 0 Å². The summed E-state index contributed by atoms with van der Waals surface area (Å²) >= 11 is -3.53. The number of nitrogens with zero attached hydrogens (tertiary/aromatic N) is 2. The van der Waals surface area contributed by atoms with E-state index in [0.717, 1.165) is 0 Å². The van der Waals surface area contributed by atoms with Gasteiger partial charge in [-0.25, -0.2) is 0 Å². The van der Waals surface area contributed by atoms with E-state index >= 15 is 0 Å². The topological polar surface area (TPSA) is 6.48 Å². The molecule has 0 spiro atoms. The zero-order chi connectivity index (χ0) is 15.0. The number of hydrogen-bond acceptors (Lipinski definition) is 2. The predicted molar refractivity (Wildman–Crippen MR) is 94.0 cm³/mol. The first-order valence-electron chi connectivity index (χ1n) is 7.22. The molecule has 2 nitrogen and oxygen atoms in total. The minimum atomic E-state index is -1.76. The second-order valence-corrected chi connectivity index (χ2v) is 27.7. The number of allylic oxidation sites excluding steroid dienone is 6. The summed E-state index contributed by atoms with van der Waals surface area (Å²) in [7, 11) is 0. The van der Waals surface area contributed by atoms with E-state index < -0.39 is 27.0 Å². The summed E-state index contributed by atoms with van der Waals surface area (Å²) in [5, 5.41) is 0. The fraction of sp³-hybridized carbons (Fsp3) is 0.375. The Labute approximate surface area is 129 Å². The van der Waals surface area contributed by atoms with Gasteiger partial charge in [0.1, 0.15) is 0 Å². The molecule has 0 aromatic rings. The van der Waals surface area contributed by atoms with Crippen molar-refractivity contribution in [3.05, 3.63) is 60.3 Å². The van der Waals surface area contributed by atoms with Crippen molar-refractivity contribution in [2.24, 2.45) is 0 Å². The molecular formula is C16H26Ge2N2. The number of rotatable bonds is 2. The zero-order valence-electron chi connectivity index (χ0n) is 13.5. The van der Waals surface area contributed by atoms with Gasteiger partial charge in [0.25, 0.3) is 0 Å². The van der Waals surface area contributed by atoms with Crippen molar-refractivity contribution in [3.63, 3.8) is 0 Å². The molecule has 0 saturated carbocycles. The number of hydrogen-bond donors (Lipinski definition) is 0. The van der Waals surface area contributed by atoms with E-state index in [-0.39, 0.29) is 0 Å². The van der Waals surface area contributed by atoms with Gasteiger partial charge in [-0.1, -0.05) is 0 Å². The van der Waals surface area contributed by atoms with Crippen molar-refractivity contribution < 1.29 is 0 Å². The third-order valence-electron chi connectivity index (χ3n) is 3.54. The first-order valence-corrected chi connectivity index (χ1v) is 21.7. The Morgan fingerprint density at radius 3 is 1.00 bits per heavy atom. The van der Waals surface area contributed by atoms with Crippen molar-refractivity contribution in [3.8, 4) is 0 Å². The Bertz CT molecular complexity index is 446. The summed E-state index contributed by atoms with van der Waals surface area (Å²) in [6, 6.07) is 0. The van der Waals surface area contributed by atoms with Gasteiger partial charge >= 0.3 is 129 Å². The summed E-state index contributed by atoms with van der Waals surface area (Å²) in [4.78, 5) is 0. The van der Waals surface area contributed by atoms with Crippen molar-refractivity contribution in [2.75, 3.05) is 0 Å². The molecule has 0 atom stereocenters. The Balaban J connectivity index is 2.16. The Hall–Kier alpha value is -0.614. The van der Waals surface area contributed by atoms with E-state index in [9.17, 15) is 0 Å². The summed E-state index contributed by atoms with van der Waals surface area (Å²) < 4.78 is 4.86. The third-order valence-corrected chi connectivity index (χ3v) is 11.3. The van der Waals surface area contributed by atoms with Crippen LogP contribution >= 0.6 is 0 Å². The predicted octanol–water partition coefficient (Wildman–Crippen LogP) is 4.64. The molecular weight excluding hydrogens is 365 g/mol. The van der Waals surface area contributed by atoms with E-state index in [1.165, 1.54) is 11.1 Å². The van der Waals surface area contributed by atoms with Crippen LogP contribution in [0.15, 0.2) is 60.3 Å². The third kappa shape index (κ3) is 3.73. The molecule has 2 rings (SSSR count). The van der Waals surface area contributed by atoms with Crippen LogP contribution in [0.2, 0.25) is 34.5 Å². The molecule has 2 heterocycles. The van der Waals surface area contributed by atoms with E-state index in [1.54, 1.807) is 0 Å². The van der Waals surface area contributed by atoms with Crippen molar-refractivity contribution >= 4 is 27.0 Å². The van der Waals surface area contributed by atoms with Gasteiger partial charge in [0, 0.05) is 0 Å². The summed E-state index contributed by atoms with van der Waals surface area (Å²) in [5.41, 5.74) is 2.61. The van der Waals surface area contributed by atoms with Gasteiger partial charge < -0.3 is 0 Å². The molecule has 2 aliphatic heterocycles. The van der Waals surface area contributed by atoms with E-state index in [4.69, 9.17) is 0 Å². The molecule has 0 saturated heterocycles. The van der Waals surface area contributed by atoms with E-state index in [0.29, 0.717) is 0 Å². The molecule has 0 amide bonds. The van der Waals surface area contributed by atoms with Gasteiger partial charge in [0.2, 0.25) is 0 Å². The standard InChI is InChI=1S/C16H26Ge2N2/c1-17(2,3)19-11-7-15(8-12-19)16-9-13-20(14-10-16)18(4,5)6/h7-14H,1-6H3. The summed E-state index contributed by atoms with van der Waals surface area (Å²) in [6.45, 7) is 0. The molecule has 20 heavy (non-hydrogen) atoms. The zero-order valence-corrected chi connectivity index (χ0v) is 17.7. The Morgan fingerprint density at radius 1 is 0.550 bits per heavy atom.